The van der Waals surface area contributed by atoms with E-state index >= 15 is 0 Å². The SMILES string of the molecule is CCOc1ccccc1-c1cc(-c2ccc(N(C)C)cc2)ccn1. The first kappa shape index (κ1) is 16.1. The van der Waals surface area contributed by atoms with Gasteiger partial charge in [-0.2, -0.15) is 0 Å². The number of aromatic nitrogens is 1. The van der Waals surface area contributed by atoms with Crippen LogP contribution in [0.25, 0.3) is 22.4 Å². The third kappa shape index (κ3) is 3.40. The fourth-order valence-corrected chi connectivity index (χ4v) is 2.67. The third-order valence-electron chi connectivity index (χ3n) is 3.94. The van der Waals surface area contributed by atoms with Gasteiger partial charge >= 0.3 is 0 Å². The molecule has 0 aliphatic rings. The molecule has 0 spiro atoms. The van der Waals surface area contributed by atoms with Crippen molar-refractivity contribution in [2.75, 3.05) is 25.6 Å². The Hall–Kier alpha value is -2.81. The molecule has 3 rings (SSSR count). The Morgan fingerprint density at radius 1 is 0.917 bits per heavy atom. The van der Waals surface area contributed by atoms with E-state index in [0.29, 0.717) is 6.61 Å². The molecule has 3 aromatic rings. The van der Waals surface area contributed by atoms with Crippen LogP contribution in [0.2, 0.25) is 0 Å². The molecular weight excluding hydrogens is 296 g/mol. The number of pyridine rings is 1. The topological polar surface area (TPSA) is 25.4 Å². The fraction of sp³-hybridized carbons (Fsp3) is 0.190. The highest BCUT2D eigenvalue weighted by Crippen LogP contribution is 2.31. The molecule has 2 aromatic carbocycles. The lowest BCUT2D eigenvalue weighted by Gasteiger charge is -2.13. The van der Waals surface area contributed by atoms with E-state index in [0.717, 1.165) is 22.6 Å². The molecule has 3 heteroatoms. The predicted octanol–water partition coefficient (Wildman–Crippen LogP) is 4.88. The molecule has 0 radical (unpaired) electrons. The Bertz CT molecular complexity index is 810. The molecule has 0 atom stereocenters. The van der Waals surface area contributed by atoms with E-state index in [1.807, 2.05) is 57.5 Å². The Kier molecular flexibility index (Phi) is 4.80. The summed E-state index contributed by atoms with van der Waals surface area (Å²) < 4.78 is 5.73. The minimum Gasteiger partial charge on any atom is -0.493 e. The Morgan fingerprint density at radius 2 is 1.67 bits per heavy atom. The van der Waals surface area contributed by atoms with E-state index in [1.165, 1.54) is 11.3 Å². The summed E-state index contributed by atoms with van der Waals surface area (Å²) in [5, 5.41) is 0. The van der Waals surface area contributed by atoms with Crippen molar-refractivity contribution in [1.29, 1.82) is 0 Å². The summed E-state index contributed by atoms with van der Waals surface area (Å²) in [6.07, 6.45) is 1.85. The minimum absolute atomic E-state index is 0.642. The van der Waals surface area contributed by atoms with Crippen LogP contribution in [-0.4, -0.2) is 25.7 Å². The second-order valence-electron chi connectivity index (χ2n) is 5.80. The van der Waals surface area contributed by atoms with Gasteiger partial charge < -0.3 is 9.64 Å². The summed E-state index contributed by atoms with van der Waals surface area (Å²) in [6.45, 7) is 2.63. The van der Waals surface area contributed by atoms with Gasteiger partial charge in [-0.15, -0.1) is 0 Å². The Balaban J connectivity index is 1.98. The van der Waals surface area contributed by atoms with Gasteiger partial charge in [0.25, 0.3) is 0 Å². The van der Waals surface area contributed by atoms with Crippen LogP contribution >= 0.6 is 0 Å². The molecule has 0 N–H and O–H groups in total. The first-order chi connectivity index (χ1) is 11.7. The third-order valence-corrected chi connectivity index (χ3v) is 3.94. The van der Waals surface area contributed by atoms with Crippen molar-refractivity contribution in [2.24, 2.45) is 0 Å². The summed E-state index contributed by atoms with van der Waals surface area (Å²) in [6, 6.07) is 20.7. The van der Waals surface area contributed by atoms with Gasteiger partial charge in [-0.25, -0.2) is 0 Å². The fourth-order valence-electron chi connectivity index (χ4n) is 2.67. The largest absolute Gasteiger partial charge is 0.493 e. The average Bonchev–Trinajstić information content (AvgIpc) is 2.63. The predicted molar refractivity (Wildman–Crippen MR) is 101 cm³/mol. The molecule has 0 fully saturated rings. The van der Waals surface area contributed by atoms with Crippen LogP contribution < -0.4 is 9.64 Å². The molecule has 24 heavy (non-hydrogen) atoms. The highest BCUT2D eigenvalue weighted by Gasteiger charge is 2.08. The van der Waals surface area contributed by atoms with Crippen LogP contribution in [0.4, 0.5) is 5.69 Å². The van der Waals surface area contributed by atoms with Crippen molar-refractivity contribution in [1.82, 2.24) is 4.98 Å². The van der Waals surface area contributed by atoms with Crippen LogP contribution in [-0.2, 0) is 0 Å². The van der Waals surface area contributed by atoms with E-state index in [-0.39, 0.29) is 0 Å². The number of ether oxygens (including phenoxy) is 1. The normalized spacial score (nSPS) is 10.5. The quantitative estimate of drug-likeness (QED) is 0.670. The number of para-hydroxylation sites is 1. The lowest BCUT2D eigenvalue weighted by molar-refractivity contribution is 0.341. The van der Waals surface area contributed by atoms with Crippen LogP contribution in [0.1, 0.15) is 6.92 Å². The van der Waals surface area contributed by atoms with Crippen LogP contribution in [0, 0.1) is 0 Å². The van der Waals surface area contributed by atoms with Gasteiger partial charge in [0.15, 0.2) is 0 Å². The lowest BCUT2D eigenvalue weighted by atomic mass is 10.0. The zero-order valence-corrected chi connectivity index (χ0v) is 14.4. The number of hydrogen-bond donors (Lipinski definition) is 0. The minimum atomic E-state index is 0.642. The molecule has 0 saturated heterocycles. The zero-order valence-electron chi connectivity index (χ0n) is 14.4. The standard InChI is InChI=1S/C21H22N2O/c1-4-24-21-8-6-5-7-19(21)20-15-17(13-14-22-20)16-9-11-18(12-10-16)23(2)3/h5-15H,4H2,1-3H3. The number of benzene rings is 2. The van der Waals surface area contributed by atoms with Crippen molar-refractivity contribution >= 4 is 5.69 Å². The van der Waals surface area contributed by atoms with E-state index in [4.69, 9.17) is 4.74 Å². The van der Waals surface area contributed by atoms with Gasteiger partial charge in [-0.3, -0.25) is 4.98 Å². The van der Waals surface area contributed by atoms with Gasteiger partial charge in [0, 0.05) is 31.5 Å². The van der Waals surface area contributed by atoms with E-state index in [2.05, 4.69) is 40.2 Å². The first-order valence-electron chi connectivity index (χ1n) is 8.15. The molecule has 3 nitrogen and oxygen atoms in total. The maximum absolute atomic E-state index is 5.73. The highest BCUT2D eigenvalue weighted by molar-refractivity contribution is 5.74. The second kappa shape index (κ2) is 7.18. The van der Waals surface area contributed by atoms with Crippen molar-refractivity contribution in [3.05, 3.63) is 66.9 Å². The van der Waals surface area contributed by atoms with Crippen LogP contribution in [0.15, 0.2) is 66.9 Å². The number of anilines is 1. The first-order valence-corrected chi connectivity index (χ1v) is 8.15. The monoisotopic (exact) mass is 318 g/mol. The molecule has 1 heterocycles. The van der Waals surface area contributed by atoms with E-state index < -0.39 is 0 Å². The van der Waals surface area contributed by atoms with Crippen molar-refractivity contribution in [2.45, 2.75) is 6.92 Å². The summed E-state index contributed by atoms with van der Waals surface area (Å²) in [7, 11) is 4.09. The second-order valence-corrected chi connectivity index (χ2v) is 5.80. The lowest BCUT2D eigenvalue weighted by Crippen LogP contribution is -2.07. The molecule has 0 saturated carbocycles. The van der Waals surface area contributed by atoms with Gasteiger partial charge in [0.1, 0.15) is 5.75 Å². The van der Waals surface area contributed by atoms with Crippen molar-refractivity contribution < 1.29 is 4.74 Å². The molecule has 0 amide bonds. The molecule has 0 bridgehead atoms. The maximum atomic E-state index is 5.73. The van der Waals surface area contributed by atoms with Crippen molar-refractivity contribution in [3.63, 3.8) is 0 Å². The van der Waals surface area contributed by atoms with Crippen LogP contribution in [0.3, 0.4) is 0 Å². The Morgan fingerprint density at radius 3 is 2.38 bits per heavy atom. The van der Waals surface area contributed by atoms with E-state index in [9.17, 15) is 0 Å². The van der Waals surface area contributed by atoms with Crippen molar-refractivity contribution in [3.8, 4) is 28.1 Å². The smallest absolute Gasteiger partial charge is 0.128 e. The Labute approximate surface area is 143 Å². The summed E-state index contributed by atoms with van der Waals surface area (Å²) in [4.78, 5) is 6.63. The summed E-state index contributed by atoms with van der Waals surface area (Å²) in [5.74, 6) is 0.868. The van der Waals surface area contributed by atoms with Gasteiger partial charge in [-0.1, -0.05) is 24.3 Å². The highest BCUT2D eigenvalue weighted by atomic mass is 16.5. The molecule has 0 aliphatic carbocycles. The average molecular weight is 318 g/mol. The molecule has 122 valence electrons. The molecule has 0 unspecified atom stereocenters. The molecule has 1 aromatic heterocycles. The number of hydrogen-bond acceptors (Lipinski definition) is 3. The number of nitrogens with zero attached hydrogens (tertiary/aromatic N) is 2. The van der Waals surface area contributed by atoms with Gasteiger partial charge in [-0.05, 0) is 54.4 Å². The number of rotatable bonds is 5. The summed E-state index contributed by atoms with van der Waals surface area (Å²) in [5.41, 5.74) is 5.46. The maximum Gasteiger partial charge on any atom is 0.128 e. The molecular formula is C21H22N2O. The van der Waals surface area contributed by atoms with E-state index in [1.54, 1.807) is 0 Å². The van der Waals surface area contributed by atoms with Gasteiger partial charge in [0.2, 0.25) is 0 Å². The zero-order chi connectivity index (χ0) is 16.9. The van der Waals surface area contributed by atoms with Gasteiger partial charge in [0.05, 0.1) is 12.3 Å². The summed E-state index contributed by atoms with van der Waals surface area (Å²) >= 11 is 0. The van der Waals surface area contributed by atoms with Crippen LogP contribution in [0.5, 0.6) is 5.75 Å². The molecule has 0 aliphatic heterocycles.